The first-order valence-corrected chi connectivity index (χ1v) is 11.0. The van der Waals surface area contributed by atoms with E-state index in [0.29, 0.717) is 5.92 Å². The second kappa shape index (κ2) is 7.53. The molecule has 4 aromatic heterocycles. The molecule has 0 spiro atoms. The number of aromatic amines is 2. The van der Waals surface area contributed by atoms with Crippen LogP contribution in [0.3, 0.4) is 0 Å². The van der Waals surface area contributed by atoms with Gasteiger partial charge in [-0.1, -0.05) is 0 Å². The molecule has 1 aromatic carbocycles. The monoisotopic (exact) mass is 426 g/mol. The van der Waals surface area contributed by atoms with Crippen LogP contribution >= 0.6 is 0 Å². The molecule has 160 valence electrons. The second-order valence-corrected chi connectivity index (χ2v) is 8.57. The fourth-order valence-electron chi connectivity index (χ4n) is 4.76. The molecule has 32 heavy (non-hydrogen) atoms. The summed E-state index contributed by atoms with van der Waals surface area (Å²) in [4.78, 5) is 12.7. The molecule has 1 aliphatic rings. The molecule has 0 amide bonds. The zero-order chi connectivity index (χ0) is 21.7. The quantitative estimate of drug-likeness (QED) is 0.376. The third kappa shape index (κ3) is 3.26. The van der Waals surface area contributed by atoms with Gasteiger partial charge < -0.3 is 10.3 Å². The smallest absolute Gasteiger partial charge is 0.124 e. The number of benzene rings is 1. The molecule has 7 heteroatoms. The van der Waals surface area contributed by atoms with Crippen LogP contribution in [0.2, 0.25) is 0 Å². The zero-order valence-electron chi connectivity index (χ0n) is 17.7. The van der Waals surface area contributed by atoms with Gasteiger partial charge in [0.1, 0.15) is 11.5 Å². The first kappa shape index (κ1) is 19.1. The Morgan fingerprint density at radius 1 is 0.938 bits per heavy atom. The van der Waals surface area contributed by atoms with E-state index in [-0.39, 0.29) is 5.82 Å². The third-order valence-electron chi connectivity index (χ3n) is 6.34. The number of rotatable bonds is 3. The molecule has 1 saturated heterocycles. The second-order valence-electron chi connectivity index (χ2n) is 8.57. The molecule has 0 aliphatic carbocycles. The molecule has 0 atom stereocenters. The van der Waals surface area contributed by atoms with E-state index in [9.17, 15) is 4.39 Å². The Hall–Kier alpha value is -3.58. The van der Waals surface area contributed by atoms with Crippen LogP contribution < -0.4 is 5.32 Å². The number of hydrogen-bond donors (Lipinski definition) is 3. The fraction of sp³-hybridized carbons (Fsp3) is 0.240. The normalized spacial score (nSPS) is 15.1. The molecule has 5 heterocycles. The molecule has 5 aromatic rings. The Kier molecular flexibility index (Phi) is 4.50. The number of nitrogens with zero attached hydrogens (tertiary/aromatic N) is 3. The van der Waals surface area contributed by atoms with Crippen LogP contribution in [0.5, 0.6) is 0 Å². The molecule has 3 N–H and O–H groups in total. The number of H-pyrrole nitrogens is 2. The highest BCUT2D eigenvalue weighted by atomic mass is 19.1. The minimum Gasteiger partial charge on any atom is -0.353 e. The topological polar surface area (TPSA) is 82.3 Å². The maximum absolute atomic E-state index is 14.0. The van der Waals surface area contributed by atoms with Gasteiger partial charge in [-0.05, 0) is 74.8 Å². The minimum absolute atomic E-state index is 0.259. The van der Waals surface area contributed by atoms with Crippen LogP contribution in [0.4, 0.5) is 4.39 Å². The highest BCUT2D eigenvalue weighted by Gasteiger charge is 2.19. The van der Waals surface area contributed by atoms with Gasteiger partial charge in [-0.3, -0.25) is 15.1 Å². The van der Waals surface area contributed by atoms with Gasteiger partial charge in [0.25, 0.3) is 0 Å². The summed E-state index contributed by atoms with van der Waals surface area (Å²) in [6.45, 7) is 3.94. The van der Waals surface area contributed by atoms with Gasteiger partial charge in [-0.2, -0.15) is 5.10 Å². The summed E-state index contributed by atoms with van der Waals surface area (Å²) < 4.78 is 14.0. The van der Waals surface area contributed by atoms with Crippen LogP contribution in [0.25, 0.3) is 44.5 Å². The summed E-state index contributed by atoms with van der Waals surface area (Å²) in [6, 6.07) is 11.2. The average molecular weight is 426 g/mol. The summed E-state index contributed by atoms with van der Waals surface area (Å²) in [5.74, 6) is 0.212. The number of hydrogen-bond acceptors (Lipinski definition) is 4. The third-order valence-corrected chi connectivity index (χ3v) is 6.34. The van der Waals surface area contributed by atoms with Gasteiger partial charge in [0.05, 0.1) is 23.1 Å². The number of fused-ring (bicyclic) bond motifs is 2. The first-order chi connectivity index (χ1) is 15.7. The SMILES string of the molecule is Cc1cc(F)cc(-c2nccc3[nH]c(-c4n[nH]c5cnc(C6CCNCC6)cc45)cc23)c1. The number of nitrogens with one attached hydrogen (secondary N) is 3. The van der Waals surface area contributed by atoms with E-state index in [1.54, 1.807) is 6.20 Å². The van der Waals surface area contributed by atoms with E-state index in [0.717, 1.165) is 81.6 Å². The van der Waals surface area contributed by atoms with Crippen molar-refractivity contribution in [3.63, 3.8) is 0 Å². The molecule has 6 nitrogen and oxygen atoms in total. The van der Waals surface area contributed by atoms with Gasteiger partial charge in [0.15, 0.2) is 0 Å². The Morgan fingerprint density at radius 3 is 2.62 bits per heavy atom. The highest BCUT2D eigenvalue weighted by Crippen LogP contribution is 2.34. The van der Waals surface area contributed by atoms with Crippen molar-refractivity contribution in [2.45, 2.75) is 25.7 Å². The molecule has 1 fully saturated rings. The van der Waals surface area contributed by atoms with Crippen LogP contribution in [-0.4, -0.2) is 38.2 Å². The van der Waals surface area contributed by atoms with Crippen molar-refractivity contribution in [3.05, 3.63) is 65.9 Å². The summed E-state index contributed by atoms with van der Waals surface area (Å²) in [6.07, 6.45) is 5.83. The number of pyridine rings is 2. The molecular formula is C25H23FN6. The van der Waals surface area contributed by atoms with Crippen molar-refractivity contribution in [1.82, 2.24) is 30.5 Å². The lowest BCUT2D eigenvalue weighted by molar-refractivity contribution is 0.453. The van der Waals surface area contributed by atoms with E-state index in [1.807, 2.05) is 25.3 Å². The van der Waals surface area contributed by atoms with Crippen molar-refractivity contribution in [3.8, 4) is 22.6 Å². The molecule has 6 rings (SSSR count). The van der Waals surface area contributed by atoms with E-state index >= 15 is 0 Å². The first-order valence-electron chi connectivity index (χ1n) is 11.0. The maximum Gasteiger partial charge on any atom is 0.124 e. The van der Waals surface area contributed by atoms with E-state index in [2.05, 4.69) is 37.6 Å². The summed E-state index contributed by atoms with van der Waals surface area (Å²) in [5, 5.41) is 13.1. The Morgan fingerprint density at radius 2 is 1.78 bits per heavy atom. The standard InChI is InChI=1S/C25H23FN6/c1-14-8-16(10-17(26)9-14)24-18-12-22(30-20(18)4-7-28-24)25-19-11-21(15-2-5-27-6-3-15)29-13-23(19)31-32-25/h4,7-13,15,27,30H,2-3,5-6H2,1H3,(H,31,32). The van der Waals surface area contributed by atoms with Crippen LogP contribution in [0.15, 0.2) is 48.8 Å². The van der Waals surface area contributed by atoms with Crippen molar-refractivity contribution >= 4 is 21.8 Å². The zero-order valence-corrected chi connectivity index (χ0v) is 17.7. The highest BCUT2D eigenvalue weighted by molar-refractivity contribution is 5.99. The summed E-state index contributed by atoms with van der Waals surface area (Å²) >= 11 is 0. The predicted molar refractivity (Wildman–Crippen MR) is 124 cm³/mol. The van der Waals surface area contributed by atoms with Crippen LogP contribution in [0, 0.1) is 12.7 Å². The van der Waals surface area contributed by atoms with Crippen molar-refractivity contribution in [2.24, 2.45) is 0 Å². The van der Waals surface area contributed by atoms with E-state index in [1.165, 1.54) is 12.1 Å². The lowest BCUT2D eigenvalue weighted by Crippen LogP contribution is -2.27. The molecule has 0 radical (unpaired) electrons. The van der Waals surface area contributed by atoms with Crippen LogP contribution in [-0.2, 0) is 0 Å². The van der Waals surface area contributed by atoms with Gasteiger partial charge in [-0.15, -0.1) is 0 Å². The van der Waals surface area contributed by atoms with Gasteiger partial charge >= 0.3 is 0 Å². The number of piperidine rings is 1. The maximum atomic E-state index is 14.0. The minimum atomic E-state index is -0.259. The van der Waals surface area contributed by atoms with E-state index < -0.39 is 0 Å². The number of halogens is 1. The summed E-state index contributed by atoms with van der Waals surface area (Å²) in [7, 11) is 0. The van der Waals surface area contributed by atoms with Crippen LogP contribution in [0.1, 0.15) is 30.0 Å². The number of aromatic nitrogens is 5. The van der Waals surface area contributed by atoms with Crippen molar-refractivity contribution in [1.29, 1.82) is 0 Å². The number of aryl methyl sites for hydroxylation is 1. The summed E-state index contributed by atoms with van der Waals surface area (Å²) in [5.41, 5.74) is 7.12. The Balaban J connectivity index is 1.47. The average Bonchev–Trinajstić information content (AvgIpc) is 3.42. The lowest BCUT2D eigenvalue weighted by atomic mass is 9.93. The van der Waals surface area contributed by atoms with Gasteiger partial charge in [0.2, 0.25) is 0 Å². The largest absolute Gasteiger partial charge is 0.353 e. The lowest BCUT2D eigenvalue weighted by Gasteiger charge is -2.22. The molecule has 0 unspecified atom stereocenters. The molecule has 1 aliphatic heterocycles. The molecule has 0 bridgehead atoms. The van der Waals surface area contributed by atoms with E-state index in [4.69, 9.17) is 4.98 Å². The van der Waals surface area contributed by atoms with Gasteiger partial charge in [-0.25, -0.2) is 4.39 Å². The fourth-order valence-corrected chi connectivity index (χ4v) is 4.76. The molecule has 0 saturated carbocycles. The molecular weight excluding hydrogens is 403 g/mol. The Labute approximate surface area is 184 Å². The predicted octanol–water partition coefficient (Wildman–Crippen LogP) is 5.08. The van der Waals surface area contributed by atoms with Crippen molar-refractivity contribution in [2.75, 3.05) is 13.1 Å². The Bertz CT molecular complexity index is 1420. The van der Waals surface area contributed by atoms with Gasteiger partial charge in [0, 0.05) is 39.7 Å². The van der Waals surface area contributed by atoms with Crippen molar-refractivity contribution < 1.29 is 4.39 Å².